The molecule has 0 aromatic rings. The van der Waals surface area contributed by atoms with Crippen molar-refractivity contribution < 1.29 is 14.7 Å². The number of carbonyl (C=O) groups excluding carboxylic acids is 2. The number of fused-ring (bicyclic) bond motifs is 7. The van der Waals surface area contributed by atoms with Crippen LogP contribution in [-0.4, -0.2) is 53.0 Å². The Hall–Kier alpha value is -1.20. The summed E-state index contributed by atoms with van der Waals surface area (Å²) < 4.78 is 0. The first-order valence-corrected chi connectivity index (χ1v) is 17.2. The molecule has 0 aromatic carbocycles. The van der Waals surface area contributed by atoms with Crippen molar-refractivity contribution in [3.63, 3.8) is 0 Å². The number of nitrogens with one attached hydrogen (secondary N) is 1. The molecule has 41 heavy (non-hydrogen) atoms. The highest BCUT2D eigenvalue weighted by Crippen LogP contribution is 2.75. The lowest BCUT2D eigenvalue weighted by molar-refractivity contribution is -0.227. The molecule has 6 aliphatic rings. The van der Waals surface area contributed by atoms with E-state index in [2.05, 4.69) is 58.7 Å². The number of allylic oxidation sites excluding steroid dienone is 1. The SMILES string of the molecule is CC(C)C1=C2[C@H]3CC[C@@H]4[C@@]5(C)CC[C@H](O)C(C)(C)[C@@H]5CC[C@@]4(C)[C@]3(C)CC[C@@]2(NC(=O)CCN2CCCC2)CC1=O. The molecule has 230 valence electrons. The van der Waals surface area contributed by atoms with E-state index in [1.54, 1.807) is 0 Å². The van der Waals surface area contributed by atoms with Crippen LogP contribution in [0.1, 0.15) is 126 Å². The van der Waals surface area contributed by atoms with E-state index in [9.17, 15) is 14.7 Å². The molecule has 8 atom stereocenters. The van der Waals surface area contributed by atoms with Crippen molar-refractivity contribution in [3.8, 4) is 0 Å². The molecule has 0 unspecified atom stereocenters. The maximum Gasteiger partial charge on any atom is 0.221 e. The molecule has 0 spiro atoms. The van der Waals surface area contributed by atoms with E-state index in [0.717, 1.165) is 57.3 Å². The molecule has 5 aliphatic carbocycles. The van der Waals surface area contributed by atoms with Crippen LogP contribution in [0.25, 0.3) is 0 Å². The molecule has 2 N–H and O–H groups in total. The fourth-order valence-electron chi connectivity index (χ4n) is 12.3. The molecular formula is C36H58N2O3. The Labute approximate surface area is 249 Å². The molecule has 4 saturated carbocycles. The Morgan fingerprint density at radius 1 is 0.927 bits per heavy atom. The zero-order chi connectivity index (χ0) is 29.6. The van der Waals surface area contributed by atoms with E-state index in [1.807, 2.05) is 0 Å². The Morgan fingerprint density at radius 3 is 2.32 bits per heavy atom. The van der Waals surface area contributed by atoms with Gasteiger partial charge in [-0.1, -0.05) is 48.5 Å². The van der Waals surface area contributed by atoms with E-state index >= 15 is 0 Å². The second-order valence-corrected chi connectivity index (χ2v) is 17.0. The fraction of sp³-hybridized carbons (Fsp3) is 0.889. The van der Waals surface area contributed by atoms with Crippen molar-refractivity contribution in [2.45, 2.75) is 137 Å². The molecule has 5 nitrogen and oxygen atoms in total. The number of aliphatic hydroxyl groups is 1. The Kier molecular flexibility index (Phi) is 7.21. The van der Waals surface area contributed by atoms with E-state index in [0.29, 0.717) is 30.6 Å². The highest BCUT2D eigenvalue weighted by molar-refractivity contribution is 6.02. The molecule has 0 bridgehead atoms. The van der Waals surface area contributed by atoms with Gasteiger partial charge in [0.05, 0.1) is 11.6 Å². The number of aliphatic hydroxyl groups excluding tert-OH is 1. The zero-order valence-electron chi connectivity index (χ0n) is 27.2. The Bertz CT molecular complexity index is 1120. The van der Waals surface area contributed by atoms with Crippen LogP contribution in [0.4, 0.5) is 0 Å². The summed E-state index contributed by atoms with van der Waals surface area (Å²) in [5.74, 6) is 2.12. The van der Waals surface area contributed by atoms with E-state index in [-0.39, 0.29) is 45.4 Å². The van der Waals surface area contributed by atoms with E-state index < -0.39 is 5.54 Å². The molecule has 0 radical (unpaired) electrons. The summed E-state index contributed by atoms with van der Waals surface area (Å²) in [7, 11) is 0. The average Bonchev–Trinajstić information content (AvgIpc) is 3.51. The van der Waals surface area contributed by atoms with Crippen molar-refractivity contribution in [1.82, 2.24) is 10.2 Å². The molecule has 1 amide bonds. The second kappa shape index (κ2) is 9.91. The third-order valence-corrected chi connectivity index (χ3v) is 14.6. The maximum absolute atomic E-state index is 13.8. The van der Waals surface area contributed by atoms with Crippen molar-refractivity contribution in [3.05, 3.63) is 11.1 Å². The first-order chi connectivity index (χ1) is 19.2. The molecule has 1 saturated heterocycles. The summed E-state index contributed by atoms with van der Waals surface area (Å²) in [4.78, 5) is 29.7. The smallest absolute Gasteiger partial charge is 0.221 e. The summed E-state index contributed by atoms with van der Waals surface area (Å²) >= 11 is 0. The minimum atomic E-state index is -0.482. The lowest BCUT2D eigenvalue weighted by Gasteiger charge is -2.72. The lowest BCUT2D eigenvalue weighted by Crippen LogP contribution is -2.67. The maximum atomic E-state index is 13.8. The van der Waals surface area contributed by atoms with Crippen LogP contribution in [0.5, 0.6) is 0 Å². The Balaban J connectivity index is 1.33. The molecular weight excluding hydrogens is 508 g/mol. The van der Waals surface area contributed by atoms with Crippen molar-refractivity contribution in [2.75, 3.05) is 19.6 Å². The number of ketones is 1. The van der Waals surface area contributed by atoms with Gasteiger partial charge in [-0.2, -0.15) is 0 Å². The normalized spacial score (nSPS) is 45.7. The van der Waals surface area contributed by atoms with Crippen LogP contribution in [0.15, 0.2) is 11.1 Å². The molecule has 5 heteroatoms. The predicted molar refractivity (Wildman–Crippen MR) is 164 cm³/mol. The van der Waals surface area contributed by atoms with Gasteiger partial charge in [-0.15, -0.1) is 0 Å². The number of amides is 1. The van der Waals surface area contributed by atoms with Gasteiger partial charge < -0.3 is 15.3 Å². The van der Waals surface area contributed by atoms with Gasteiger partial charge in [0.15, 0.2) is 5.78 Å². The monoisotopic (exact) mass is 566 g/mol. The number of hydrogen-bond donors (Lipinski definition) is 2. The number of likely N-dealkylation sites (tertiary alicyclic amines) is 1. The van der Waals surface area contributed by atoms with Crippen LogP contribution in [-0.2, 0) is 9.59 Å². The third kappa shape index (κ3) is 4.20. The molecule has 1 aliphatic heterocycles. The quantitative estimate of drug-likeness (QED) is 0.389. The van der Waals surface area contributed by atoms with Gasteiger partial charge in [0.1, 0.15) is 0 Å². The summed E-state index contributed by atoms with van der Waals surface area (Å²) in [6, 6.07) is 0. The van der Waals surface area contributed by atoms with Crippen molar-refractivity contribution in [2.24, 2.45) is 45.3 Å². The van der Waals surface area contributed by atoms with Crippen LogP contribution in [0, 0.1) is 45.3 Å². The molecule has 1 heterocycles. The summed E-state index contributed by atoms with van der Waals surface area (Å²) in [5.41, 5.74) is 2.39. The van der Waals surface area contributed by atoms with Crippen LogP contribution >= 0.6 is 0 Å². The average molecular weight is 567 g/mol. The summed E-state index contributed by atoms with van der Waals surface area (Å²) in [6.45, 7) is 19.8. The van der Waals surface area contributed by atoms with Gasteiger partial charge >= 0.3 is 0 Å². The van der Waals surface area contributed by atoms with Crippen LogP contribution < -0.4 is 5.32 Å². The van der Waals surface area contributed by atoms with Gasteiger partial charge in [0.25, 0.3) is 0 Å². The molecule has 6 rings (SSSR count). The third-order valence-electron chi connectivity index (χ3n) is 14.6. The van der Waals surface area contributed by atoms with Crippen molar-refractivity contribution >= 4 is 11.7 Å². The fourth-order valence-corrected chi connectivity index (χ4v) is 12.3. The van der Waals surface area contributed by atoms with Gasteiger partial charge in [-0.05, 0) is 134 Å². The van der Waals surface area contributed by atoms with Gasteiger partial charge in [-0.3, -0.25) is 9.59 Å². The zero-order valence-corrected chi connectivity index (χ0v) is 27.2. The standard InChI is InChI=1S/C36H58N2O3/c1-23(2)30-25(39)22-36(37-29(41)14-21-38-19-8-9-20-38)18-17-34(6)24(31(30)36)10-11-27-33(5)15-13-28(40)32(3,4)26(33)12-16-35(27,34)7/h23-24,26-28,40H,8-22H2,1-7H3,(H,37,41)/t24-,26+,27-,28+,33+,34-,35-,36-/m1/s1. The minimum Gasteiger partial charge on any atom is -0.393 e. The largest absolute Gasteiger partial charge is 0.393 e. The molecule has 5 fully saturated rings. The Morgan fingerprint density at radius 2 is 1.63 bits per heavy atom. The van der Waals surface area contributed by atoms with Crippen LogP contribution in [0.2, 0.25) is 0 Å². The first kappa shape index (κ1) is 29.9. The number of Topliss-reactive ketones (excluding diaryl/α,β-unsaturated/α-hetero) is 1. The van der Waals surface area contributed by atoms with E-state index in [1.165, 1.54) is 37.7 Å². The van der Waals surface area contributed by atoms with E-state index in [4.69, 9.17) is 0 Å². The first-order valence-electron chi connectivity index (χ1n) is 17.2. The number of nitrogens with zero attached hydrogens (tertiary/aromatic N) is 1. The number of hydrogen-bond acceptors (Lipinski definition) is 4. The number of carbonyl (C=O) groups is 2. The van der Waals surface area contributed by atoms with Gasteiger partial charge in [0, 0.05) is 19.4 Å². The lowest BCUT2D eigenvalue weighted by atomic mass is 9.33. The highest BCUT2D eigenvalue weighted by Gasteiger charge is 2.70. The topological polar surface area (TPSA) is 69.6 Å². The van der Waals surface area contributed by atoms with Gasteiger partial charge in [-0.25, -0.2) is 0 Å². The van der Waals surface area contributed by atoms with Crippen LogP contribution in [0.3, 0.4) is 0 Å². The second-order valence-electron chi connectivity index (χ2n) is 17.0. The predicted octanol–water partition coefficient (Wildman–Crippen LogP) is 6.68. The van der Waals surface area contributed by atoms with Crippen molar-refractivity contribution in [1.29, 1.82) is 0 Å². The summed E-state index contributed by atoms with van der Waals surface area (Å²) in [6.07, 6.45) is 12.0. The summed E-state index contributed by atoms with van der Waals surface area (Å²) in [5, 5.41) is 14.6. The van der Waals surface area contributed by atoms with Gasteiger partial charge in [0.2, 0.25) is 5.91 Å². The highest BCUT2D eigenvalue weighted by atomic mass is 16.3. The number of rotatable bonds is 5. The molecule has 0 aromatic heterocycles. The minimum absolute atomic E-state index is 0.0433.